The summed E-state index contributed by atoms with van der Waals surface area (Å²) in [6.45, 7) is 6.83. The van der Waals surface area contributed by atoms with Gasteiger partial charge >= 0.3 is 0 Å². The lowest BCUT2D eigenvalue weighted by atomic mass is 9.82. The molecule has 2 fully saturated rings. The maximum atomic E-state index is 3.81. The first-order chi connectivity index (χ1) is 9.74. The molecule has 2 atom stereocenters. The van der Waals surface area contributed by atoms with Gasteiger partial charge in [0.25, 0.3) is 0 Å². The van der Waals surface area contributed by atoms with Crippen LogP contribution in [0.1, 0.15) is 44.6 Å². The van der Waals surface area contributed by atoms with Crippen LogP contribution in [-0.4, -0.2) is 25.2 Å². The van der Waals surface area contributed by atoms with Crippen LogP contribution < -0.4 is 10.2 Å². The Kier molecular flexibility index (Phi) is 4.30. The van der Waals surface area contributed by atoms with Crippen LogP contribution in [0.15, 0.2) is 24.3 Å². The number of nitrogens with zero attached hydrogens (tertiary/aromatic N) is 1. The molecule has 1 heterocycles. The third kappa shape index (κ3) is 3.01. The largest absolute Gasteiger partial charge is 0.366 e. The maximum Gasteiger partial charge on any atom is 0.0387 e. The molecule has 110 valence electrons. The molecule has 1 aliphatic carbocycles. The van der Waals surface area contributed by atoms with Gasteiger partial charge in [-0.15, -0.1) is 0 Å². The molecule has 0 aromatic heterocycles. The predicted molar refractivity (Wildman–Crippen MR) is 86.4 cm³/mol. The molecule has 0 bridgehead atoms. The monoisotopic (exact) mass is 272 g/mol. The number of hydrogen-bond donors (Lipinski definition) is 1. The Bertz CT molecular complexity index is 437. The molecule has 2 heteroatoms. The van der Waals surface area contributed by atoms with Crippen molar-refractivity contribution >= 4 is 5.69 Å². The van der Waals surface area contributed by atoms with Crippen molar-refractivity contribution in [3.8, 4) is 0 Å². The molecular weight excluding hydrogens is 244 g/mol. The van der Waals surface area contributed by atoms with Crippen LogP contribution in [0.25, 0.3) is 0 Å². The number of piperazine rings is 1. The number of anilines is 1. The van der Waals surface area contributed by atoms with E-state index in [1.165, 1.54) is 49.9 Å². The molecule has 1 aromatic carbocycles. The van der Waals surface area contributed by atoms with Crippen LogP contribution in [-0.2, 0) is 0 Å². The average Bonchev–Trinajstić information content (AvgIpc) is 2.48. The summed E-state index contributed by atoms with van der Waals surface area (Å²) in [5.41, 5.74) is 2.77. The zero-order valence-corrected chi connectivity index (χ0v) is 12.9. The molecule has 0 amide bonds. The minimum Gasteiger partial charge on any atom is -0.366 e. The third-order valence-electron chi connectivity index (χ3n) is 5.15. The Morgan fingerprint density at radius 3 is 2.70 bits per heavy atom. The van der Waals surface area contributed by atoms with Gasteiger partial charge in [-0.25, -0.2) is 0 Å². The highest BCUT2D eigenvalue weighted by Gasteiger charge is 2.31. The van der Waals surface area contributed by atoms with Crippen LogP contribution in [0.2, 0.25) is 0 Å². The normalized spacial score (nSPS) is 28.6. The molecule has 1 saturated carbocycles. The lowest BCUT2D eigenvalue weighted by Crippen LogP contribution is -2.58. The Labute approximate surface area is 123 Å². The van der Waals surface area contributed by atoms with Gasteiger partial charge in [-0.05, 0) is 50.3 Å². The lowest BCUT2D eigenvalue weighted by molar-refractivity contribution is 0.245. The van der Waals surface area contributed by atoms with E-state index in [-0.39, 0.29) is 0 Å². The summed E-state index contributed by atoms with van der Waals surface area (Å²) < 4.78 is 0. The van der Waals surface area contributed by atoms with Gasteiger partial charge in [0, 0.05) is 30.9 Å². The summed E-state index contributed by atoms with van der Waals surface area (Å²) in [7, 11) is 0. The Hall–Kier alpha value is -1.02. The summed E-state index contributed by atoms with van der Waals surface area (Å²) in [6.07, 6.45) is 7.16. The summed E-state index contributed by atoms with van der Waals surface area (Å²) >= 11 is 0. The third-order valence-corrected chi connectivity index (χ3v) is 5.15. The zero-order valence-electron chi connectivity index (χ0n) is 12.9. The van der Waals surface area contributed by atoms with Gasteiger partial charge in [-0.2, -0.15) is 0 Å². The second-order valence-electron chi connectivity index (χ2n) is 6.75. The van der Waals surface area contributed by atoms with Gasteiger partial charge in [-0.3, -0.25) is 0 Å². The highest BCUT2D eigenvalue weighted by Crippen LogP contribution is 2.30. The van der Waals surface area contributed by atoms with Crippen molar-refractivity contribution in [1.82, 2.24) is 5.32 Å². The van der Waals surface area contributed by atoms with Crippen molar-refractivity contribution in [2.75, 3.05) is 18.0 Å². The molecule has 20 heavy (non-hydrogen) atoms. The van der Waals surface area contributed by atoms with Crippen LogP contribution >= 0.6 is 0 Å². The van der Waals surface area contributed by atoms with Crippen molar-refractivity contribution < 1.29 is 0 Å². The first-order valence-corrected chi connectivity index (χ1v) is 8.31. The second kappa shape index (κ2) is 6.17. The number of nitrogens with one attached hydrogen (secondary N) is 1. The van der Waals surface area contributed by atoms with E-state index in [2.05, 4.69) is 48.3 Å². The van der Waals surface area contributed by atoms with E-state index in [0.29, 0.717) is 12.1 Å². The number of rotatable bonds is 2. The van der Waals surface area contributed by atoms with E-state index in [1.54, 1.807) is 0 Å². The standard InChI is InChI=1S/C18H28N2/c1-14-7-6-10-17(11-14)20-13-18(19-12-15(20)2)16-8-4-3-5-9-16/h6-7,10-11,15-16,18-19H,3-5,8-9,12-13H2,1-2H3. The van der Waals surface area contributed by atoms with Crippen molar-refractivity contribution in [1.29, 1.82) is 0 Å². The van der Waals surface area contributed by atoms with Crippen molar-refractivity contribution in [3.63, 3.8) is 0 Å². The molecule has 0 radical (unpaired) electrons. The summed E-state index contributed by atoms with van der Waals surface area (Å²) in [5.74, 6) is 0.892. The van der Waals surface area contributed by atoms with Crippen LogP contribution in [0.4, 0.5) is 5.69 Å². The molecule has 1 aromatic rings. The first-order valence-electron chi connectivity index (χ1n) is 8.31. The highest BCUT2D eigenvalue weighted by molar-refractivity contribution is 5.50. The molecule has 1 saturated heterocycles. The van der Waals surface area contributed by atoms with Gasteiger partial charge in [0.1, 0.15) is 0 Å². The van der Waals surface area contributed by atoms with Gasteiger partial charge in [0.05, 0.1) is 0 Å². The lowest BCUT2D eigenvalue weighted by Gasteiger charge is -2.44. The first kappa shape index (κ1) is 13.9. The van der Waals surface area contributed by atoms with Crippen LogP contribution in [0.3, 0.4) is 0 Å². The Morgan fingerprint density at radius 1 is 1.15 bits per heavy atom. The quantitative estimate of drug-likeness (QED) is 0.882. The summed E-state index contributed by atoms with van der Waals surface area (Å²) in [5, 5.41) is 3.81. The average molecular weight is 272 g/mol. The summed E-state index contributed by atoms with van der Waals surface area (Å²) in [6, 6.07) is 10.3. The number of aryl methyl sites for hydroxylation is 1. The molecule has 0 spiro atoms. The second-order valence-corrected chi connectivity index (χ2v) is 6.75. The van der Waals surface area contributed by atoms with Gasteiger partial charge in [-0.1, -0.05) is 31.4 Å². The SMILES string of the molecule is Cc1cccc(N2CC(C3CCCCC3)NCC2C)c1. The fraction of sp³-hybridized carbons (Fsp3) is 0.667. The molecule has 2 aliphatic rings. The van der Waals surface area contributed by atoms with Crippen LogP contribution in [0, 0.1) is 12.8 Å². The summed E-state index contributed by atoms with van der Waals surface area (Å²) in [4.78, 5) is 2.61. The van der Waals surface area contributed by atoms with Crippen LogP contribution in [0.5, 0.6) is 0 Å². The smallest absolute Gasteiger partial charge is 0.0387 e. The maximum absolute atomic E-state index is 3.81. The molecule has 1 aliphatic heterocycles. The number of benzene rings is 1. The molecule has 2 unspecified atom stereocenters. The van der Waals surface area contributed by atoms with Gasteiger partial charge in [0.15, 0.2) is 0 Å². The van der Waals surface area contributed by atoms with E-state index >= 15 is 0 Å². The minimum atomic E-state index is 0.594. The highest BCUT2D eigenvalue weighted by atomic mass is 15.2. The van der Waals surface area contributed by atoms with Crippen molar-refractivity contribution in [2.24, 2.45) is 5.92 Å². The molecule has 1 N–H and O–H groups in total. The van der Waals surface area contributed by atoms with E-state index in [4.69, 9.17) is 0 Å². The molecular formula is C18H28N2. The fourth-order valence-electron chi connectivity index (χ4n) is 3.91. The minimum absolute atomic E-state index is 0.594. The van der Waals surface area contributed by atoms with Gasteiger partial charge in [0.2, 0.25) is 0 Å². The Balaban J connectivity index is 1.72. The fourth-order valence-corrected chi connectivity index (χ4v) is 3.91. The molecule has 3 rings (SSSR count). The number of hydrogen-bond acceptors (Lipinski definition) is 2. The molecule has 2 nitrogen and oxygen atoms in total. The topological polar surface area (TPSA) is 15.3 Å². The van der Waals surface area contributed by atoms with E-state index in [9.17, 15) is 0 Å². The van der Waals surface area contributed by atoms with Crippen molar-refractivity contribution in [2.45, 2.75) is 58.0 Å². The van der Waals surface area contributed by atoms with E-state index in [1.807, 2.05) is 0 Å². The van der Waals surface area contributed by atoms with E-state index in [0.717, 1.165) is 12.5 Å². The Morgan fingerprint density at radius 2 is 1.95 bits per heavy atom. The van der Waals surface area contributed by atoms with Gasteiger partial charge < -0.3 is 10.2 Å². The van der Waals surface area contributed by atoms with Crippen molar-refractivity contribution in [3.05, 3.63) is 29.8 Å². The predicted octanol–water partition coefficient (Wildman–Crippen LogP) is 3.74. The zero-order chi connectivity index (χ0) is 13.9. The van der Waals surface area contributed by atoms with E-state index < -0.39 is 0 Å².